The van der Waals surface area contributed by atoms with Crippen molar-refractivity contribution in [2.75, 3.05) is 19.6 Å². The first-order valence-electron chi connectivity index (χ1n) is 12.7. The highest BCUT2D eigenvalue weighted by Gasteiger charge is 2.55. The van der Waals surface area contributed by atoms with Gasteiger partial charge < -0.3 is 24.0 Å². The quantitative estimate of drug-likeness (QED) is 0.588. The fourth-order valence-electron chi connectivity index (χ4n) is 5.45. The predicted molar refractivity (Wildman–Crippen MR) is 134 cm³/mol. The number of carbonyl (C=O) groups is 2. The molecular formula is C28H35N3O5. The number of rotatable bonds is 4. The Balaban J connectivity index is 1.14. The number of nitrogens with zero attached hydrogens (tertiary/aromatic N) is 3. The van der Waals surface area contributed by atoms with Crippen molar-refractivity contribution in [3.63, 3.8) is 0 Å². The standard InChI is InChI=1S/C28H35N3O5/c1-19-14-30(26(33)36-27(2,3)4)15-22-23(10-11-29-24(19)22)35-21-12-28(13-21)17-31(18-28)25(32)34-16-20-8-6-5-7-9-20/h5-11,19,21H,12-18H2,1-4H3. The maximum Gasteiger partial charge on any atom is 0.410 e. The Labute approximate surface area is 212 Å². The number of pyridine rings is 1. The number of benzene rings is 1. The zero-order valence-electron chi connectivity index (χ0n) is 21.5. The van der Waals surface area contributed by atoms with Gasteiger partial charge in [-0.25, -0.2) is 9.59 Å². The van der Waals surface area contributed by atoms with Crippen LogP contribution in [0.2, 0.25) is 0 Å². The van der Waals surface area contributed by atoms with Crippen LogP contribution < -0.4 is 4.74 Å². The van der Waals surface area contributed by atoms with Gasteiger partial charge in [0.05, 0.1) is 12.2 Å². The van der Waals surface area contributed by atoms with Crippen molar-refractivity contribution in [1.29, 1.82) is 0 Å². The van der Waals surface area contributed by atoms with E-state index in [1.54, 1.807) is 16.0 Å². The smallest absolute Gasteiger partial charge is 0.410 e. The first-order valence-corrected chi connectivity index (χ1v) is 12.7. The molecule has 0 N–H and O–H groups in total. The van der Waals surface area contributed by atoms with Gasteiger partial charge in [-0.1, -0.05) is 37.3 Å². The summed E-state index contributed by atoms with van der Waals surface area (Å²) in [6, 6.07) is 11.6. The van der Waals surface area contributed by atoms with E-state index in [2.05, 4.69) is 11.9 Å². The number of fused-ring (bicyclic) bond motifs is 1. The molecule has 1 spiro atoms. The van der Waals surface area contributed by atoms with Crippen LogP contribution in [-0.4, -0.2) is 58.3 Å². The van der Waals surface area contributed by atoms with Gasteiger partial charge in [0.2, 0.25) is 0 Å². The van der Waals surface area contributed by atoms with E-state index < -0.39 is 5.60 Å². The molecule has 2 fully saturated rings. The van der Waals surface area contributed by atoms with Gasteiger partial charge in [-0.15, -0.1) is 0 Å². The molecule has 8 heteroatoms. The van der Waals surface area contributed by atoms with Crippen LogP contribution in [0.25, 0.3) is 0 Å². The van der Waals surface area contributed by atoms with E-state index in [0.29, 0.717) is 32.8 Å². The lowest BCUT2D eigenvalue weighted by molar-refractivity contribution is -0.110. The number of likely N-dealkylation sites (tertiary alicyclic amines) is 1. The first-order chi connectivity index (χ1) is 17.1. The third-order valence-corrected chi connectivity index (χ3v) is 7.14. The first kappa shape index (κ1) is 24.4. The number of amides is 2. The molecule has 1 aromatic heterocycles. The van der Waals surface area contributed by atoms with Gasteiger partial charge >= 0.3 is 12.2 Å². The molecule has 2 aromatic rings. The molecule has 192 valence electrons. The summed E-state index contributed by atoms with van der Waals surface area (Å²) in [5, 5.41) is 0. The molecule has 1 aliphatic carbocycles. The van der Waals surface area contributed by atoms with E-state index in [0.717, 1.165) is 35.4 Å². The maximum atomic E-state index is 12.7. The minimum absolute atomic E-state index is 0.0891. The molecule has 0 radical (unpaired) electrons. The molecule has 3 aliphatic rings. The number of carbonyl (C=O) groups excluding carboxylic acids is 2. The van der Waals surface area contributed by atoms with E-state index in [-0.39, 0.29) is 29.6 Å². The van der Waals surface area contributed by atoms with Crippen molar-refractivity contribution in [3.8, 4) is 5.75 Å². The number of ether oxygens (including phenoxy) is 3. The molecule has 36 heavy (non-hydrogen) atoms. The van der Waals surface area contributed by atoms with Gasteiger partial charge in [-0.3, -0.25) is 4.98 Å². The molecular weight excluding hydrogens is 458 g/mol. The fourth-order valence-corrected chi connectivity index (χ4v) is 5.45. The third-order valence-electron chi connectivity index (χ3n) is 7.14. The van der Waals surface area contributed by atoms with Crippen LogP contribution >= 0.6 is 0 Å². The Morgan fingerprint density at radius 1 is 1.06 bits per heavy atom. The zero-order chi connectivity index (χ0) is 25.5. The Kier molecular flexibility index (Phi) is 6.30. The van der Waals surface area contributed by atoms with Crippen molar-refractivity contribution in [3.05, 3.63) is 59.4 Å². The molecule has 1 unspecified atom stereocenters. The monoisotopic (exact) mass is 493 g/mol. The Bertz CT molecular complexity index is 1120. The molecule has 1 saturated carbocycles. The lowest BCUT2D eigenvalue weighted by Crippen LogP contribution is -2.65. The van der Waals surface area contributed by atoms with E-state index >= 15 is 0 Å². The van der Waals surface area contributed by atoms with Crippen LogP contribution in [0.1, 0.15) is 63.3 Å². The van der Waals surface area contributed by atoms with Crippen LogP contribution in [0, 0.1) is 5.41 Å². The van der Waals surface area contributed by atoms with Crippen LogP contribution in [0.15, 0.2) is 42.6 Å². The summed E-state index contributed by atoms with van der Waals surface area (Å²) in [5.74, 6) is 0.887. The summed E-state index contributed by atoms with van der Waals surface area (Å²) in [5.41, 5.74) is 2.51. The van der Waals surface area contributed by atoms with Gasteiger partial charge in [-0.2, -0.15) is 0 Å². The fraction of sp³-hybridized carbons (Fsp3) is 0.536. The second kappa shape index (κ2) is 9.30. The van der Waals surface area contributed by atoms with E-state index in [1.807, 2.05) is 57.2 Å². The second-order valence-corrected chi connectivity index (χ2v) is 11.5. The largest absolute Gasteiger partial charge is 0.490 e. The highest BCUT2D eigenvalue weighted by atomic mass is 16.6. The third kappa shape index (κ3) is 5.13. The average Bonchev–Trinajstić information content (AvgIpc) is 2.78. The SMILES string of the molecule is CC1CN(C(=O)OC(C)(C)C)Cc2c(OC3CC4(C3)CN(C(=O)OCc3ccccc3)C4)ccnc21. The maximum absolute atomic E-state index is 12.7. The lowest BCUT2D eigenvalue weighted by atomic mass is 9.62. The number of hydrogen-bond donors (Lipinski definition) is 0. The van der Waals surface area contributed by atoms with Crippen molar-refractivity contribution in [2.24, 2.45) is 5.41 Å². The summed E-state index contributed by atoms with van der Waals surface area (Å²) in [6.07, 6.45) is 3.11. The molecule has 2 aliphatic heterocycles. The summed E-state index contributed by atoms with van der Waals surface area (Å²) >= 11 is 0. The topological polar surface area (TPSA) is 81.2 Å². The van der Waals surface area contributed by atoms with E-state index in [4.69, 9.17) is 14.2 Å². The van der Waals surface area contributed by atoms with Gasteiger partial charge in [0, 0.05) is 42.7 Å². The summed E-state index contributed by atoms with van der Waals surface area (Å²) in [4.78, 5) is 33.2. The van der Waals surface area contributed by atoms with Crippen LogP contribution in [0.5, 0.6) is 5.75 Å². The van der Waals surface area contributed by atoms with Crippen molar-refractivity contribution < 1.29 is 23.8 Å². The average molecular weight is 494 g/mol. The molecule has 8 nitrogen and oxygen atoms in total. The van der Waals surface area contributed by atoms with E-state index in [1.165, 1.54) is 0 Å². The summed E-state index contributed by atoms with van der Waals surface area (Å²) < 4.78 is 17.5. The van der Waals surface area contributed by atoms with Gasteiger partial charge in [0.1, 0.15) is 24.1 Å². The Morgan fingerprint density at radius 2 is 1.78 bits per heavy atom. The number of hydrogen-bond acceptors (Lipinski definition) is 6. The minimum atomic E-state index is -0.542. The zero-order valence-corrected chi connectivity index (χ0v) is 21.5. The van der Waals surface area contributed by atoms with Crippen LogP contribution in [0.3, 0.4) is 0 Å². The van der Waals surface area contributed by atoms with Crippen molar-refractivity contribution in [2.45, 2.75) is 71.3 Å². The van der Waals surface area contributed by atoms with Crippen molar-refractivity contribution >= 4 is 12.2 Å². The molecule has 0 bridgehead atoms. The van der Waals surface area contributed by atoms with Crippen LogP contribution in [0.4, 0.5) is 9.59 Å². The lowest BCUT2D eigenvalue weighted by Gasteiger charge is -2.57. The van der Waals surface area contributed by atoms with E-state index in [9.17, 15) is 9.59 Å². The summed E-state index contributed by atoms with van der Waals surface area (Å²) in [6.45, 7) is 10.4. The summed E-state index contributed by atoms with van der Waals surface area (Å²) in [7, 11) is 0. The van der Waals surface area contributed by atoms with Gasteiger partial charge in [-0.05, 0) is 45.2 Å². The molecule has 3 heterocycles. The van der Waals surface area contributed by atoms with Gasteiger partial charge in [0.25, 0.3) is 0 Å². The Hall–Kier alpha value is -3.29. The highest BCUT2D eigenvalue weighted by Crippen LogP contribution is 2.50. The molecule has 2 amide bonds. The molecule has 1 atom stereocenters. The minimum Gasteiger partial charge on any atom is -0.490 e. The molecule has 1 aromatic carbocycles. The Morgan fingerprint density at radius 3 is 2.47 bits per heavy atom. The molecule has 5 rings (SSSR count). The van der Waals surface area contributed by atoms with Crippen molar-refractivity contribution in [1.82, 2.24) is 14.8 Å². The number of aromatic nitrogens is 1. The second-order valence-electron chi connectivity index (χ2n) is 11.5. The van der Waals surface area contributed by atoms with Gasteiger partial charge in [0.15, 0.2) is 0 Å². The predicted octanol–water partition coefficient (Wildman–Crippen LogP) is 5.12. The molecule has 1 saturated heterocycles. The highest BCUT2D eigenvalue weighted by molar-refractivity contribution is 5.69. The van der Waals surface area contributed by atoms with Crippen LogP contribution in [-0.2, 0) is 22.6 Å². The normalized spacial score (nSPS) is 20.7.